The first-order valence-electron chi connectivity index (χ1n) is 6.76. The Hall–Kier alpha value is -0.0800. The summed E-state index contributed by atoms with van der Waals surface area (Å²) in [5.74, 6) is 0.867. The molecule has 1 unspecified atom stereocenters. The van der Waals surface area contributed by atoms with Crippen LogP contribution in [0.3, 0.4) is 0 Å². The van der Waals surface area contributed by atoms with Crippen LogP contribution in [0.2, 0.25) is 0 Å². The van der Waals surface area contributed by atoms with E-state index in [0.717, 1.165) is 19.0 Å². The average Bonchev–Trinajstić information content (AvgIpc) is 2.17. The standard InChI is InChI=1S/C14H29NO/c1-14(2,3)13(16)11-15(4)10-12-8-6-5-7-9-12/h12-13,16H,5-11H2,1-4H3. The van der Waals surface area contributed by atoms with Gasteiger partial charge in [-0.2, -0.15) is 0 Å². The van der Waals surface area contributed by atoms with Crippen molar-refractivity contribution in [3.63, 3.8) is 0 Å². The minimum atomic E-state index is -0.221. The number of aliphatic hydroxyl groups excluding tert-OH is 1. The molecule has 2 nitrogen and oxygen atoms in total. The summed E-state index contributed by atoms with van der Waals surface area (Å²) in [4.78, 5) is 2.31. The van der Waals surface area contributed by atoms with E-state index in [1.807, 2.05) is 0 Å². The summed E-state index contributed by atoms with van der Waals surface area (Å²) in [6.45, 7) is 8.28. The highest BCUT2D eigenvalue weighted by atomic mass is 16.3. The first-order chi connectivity index (χ1) is 7.39. The summed E-state index contributed by atoms with van der Waals surface area (Å²) < 4.78 is 0. The van der Waals surface area contributed by atoms with Gasteiger partial charge in [0.15, 0.2) is 0 Å². The number of hydrogen-bond acceptors (Lipinski definition) is 2. The molecule has 1 atom stereocenters. The molecule has 0 aromatic carbocycles. The van der Waals surface area contributed by atoms with Gasteiger partial charge in [0.05, 0.1) is 6.10 Å². The van der Waals surface area contributed by atoms with Gasteiger partial charge in [0.25, 0.3) is 0 Å². The van der Waals surface area contributed by atoms with Crippen molar-refractivity contribution in [3.05, 3.63) is 0 Å². The van der Waals surface area contributed by atoms with Crippen LogP contribution in [0.25, 0.3) is 0 Å². The van der Waals surface area contributed by atoms with Gasteiger partial charge in [0.2, 0.25) is 0 Å². The molecule has 1 aliphatic rings. The van der Waals surface area contributed by atoms with E-state index in [4.69, 9.17) is 0 Å². The van der Waals surface area contributed by atoms with Gasteiger partial charge in [-0.25, -0.2) is 0 Å². The second-order valence-electron chi connectivity index (χ2n) is 6.61. The highest BCUT2D eigenvalue weighted by Gasteiger charge is 2.24. The molecular weight excluding hydrogens is 198 g/mol. The van der Waals surface area contributed by atoms with Crippen LogP contribution in [-0.2, 0) is 0 Å². The number of rotatable bonds is 4. The first-order valence-corrected chi connectivity index (χ1v) is 6.76. The molecule has 0 saturated heterocycles. The van der Waals surface area contributed by atoms with E-state index >= 15 is 0 Å². The molecule has 0 spiro atoms. The molecule has 0 amide bonds. The summed E-state index contributed by atoms with van der Waals surface area (Å²) in [6.07, 6.45) is 6.78. The SMILES string of the molecule is CN(CC1CCCCC1)CC(O)C(C)(C)C. The van der Waals surface area contributed by atoms with Gasteiger partial charge in [-0.1, -0.05) is 40.0 Å². The van der Waals surface area contributed by atoms with Crippen molar-refractivity contribution in [2.75, 3.05) is 20.1 Å². The average molecular weight is 227 g/mol. The lowest BCUT2D eigenvalue weighted by Crippen LogP contribution is -2.39. The van der Waals surface area contributed by atoms with Gasteiger partial charge in [-0.05, 0) is 31.2 Å². The quantitative estimate of drug-likeness (QED) is 0.798. The Balaban J connectivity index is 2.26. The predicted octanol–water partition coefficient (Wildman–Crippen LogP) is 2.91. The molecule has 96 valence electrons. The van der Waals surface area contributed by atoms with E-state index in [1.165, 1.54) is 32.1 Å². The molecule has 0 aromatic rings. The molecule has 0 aromatic heterocycles. The smallest absolute Gasteiger partial charge is 0.0715 e. The van der Waals surface area contributed by atoms with Crippen LogP contribution in [0, 0.1) is 11.3 Å². The highest BCUT2D eigenvalue weighted by Crippen LogP contribution is 2.25. The maximum absolute atomic E-state index is 10.0. The van der Waals surface area contributed by atoms with Crippen molar-refractivity contribution >= 4 is 0 Å². The van der Waals surface area contributed by atoms with Crippen molar-refractivity contribution in [1.29, 1.82) is 0 Å². The number of likely N-dealkylation sites (N-methyl/N-ethyl adjacent to an activating group) is 1. The minimum absolute atomic E-state index is 0.000818. The Labute approximate surface area is 101 Å². The van der Waals surface area contributed by atoms with Crippen LogP contribution in [0.1, 0.15) is 52.9 Å². The van der Waals surface area contributed by atoms with E-state index in [-0.39, 0.29) is 11.5 Å². The zero-order valence-corrected chi connectivity index (χ0v) is 11.5. The normalized spacial score (nSPS) is 21.4. The Kier molecular flexibility index (Phi) is 5.26. The molecule has 1 rings (SSSR count). The van der Waals surface area contributed by atoms with Crippen molar-refractivity contribution in [2.24, 2.45) is 11.3 Å². The Morgan fingerprint density at radius 3 is 2.25 bits per heavy atom. The molecule has 0 radical (unpaired) electrons. The van der Waals surface area contributed by atoms with Crippen LogP contribution >= 0.6 is 0 Å². The van der Waals surface area contributed by atoms with E-state index in [1.54, 1.807) is 0 Å². The molecular formula is C14H29NO. The Morgan fingerprint density at radius 1 is 1.19 bits per heavy atom. The fourth-order valence-corrected chi connectivity index (χ4v) is 2.45. The van der Waals surface area contributed by atoms with Gasteiger partial charge in [0.1, 0.15) is 0 Å². The van der Waals surface area contributed by atoms with Crippen molar-refractivity contribution in [3.8, 4) is 0 Å². The second-order valence-corrected chi connectivity index (χ2v) is 6.61. The van der Waals surface area contributed by atoms with Crippen molar-refractivity contribution in [1.82, 2.24) is 4.90 Å². The number of aliphatic hydroxyl groups is 1. The minimum Gasteiger partial charge on any atom is -0.391 e. The van der Waals surface area contributed by atoms with Gasteiger partial charge in [-0.3, -0.25) is 0 Å². The molecule has 1 aliphatic carbocycles. The summed E-state index contributed by atoms with van der Waals surface area (Å²) >= 11 is 0. The van der Waals surface area contributed by atoms with Crippen LogP contribution in [0.5, 0.6) is 0 Å². The second kappa shape index (κ2) is 6.02. The monoisotopic (exact) mass is 227 g/mol. The van der Waals surface area contributed by atoms with E-state index in [2.05, 4.69) is 32.7 Å². The topological polar surface area (TPSA) is 23.5 Å². The van der Waals surface area contributed by atoms with Crippen LogP contribution < -0.4 is 0 Å². The molecule has 0 bridgehead atoms. The summed E-state index contributed by atoms with van der Waals surface area (Å²) in [6, 6.07) is 0. The molecule has 1 N–H and O–H groups in total. The maximum atomic E-state index is 10.0. The van der Waals surface area contributed by atoms with E-state index < -0.39 is 0 Å². The molecule has 0 aliphatic heterocycles. The van der Waals surface area contributed by atoms with Crippen LogP contribution in [-0.4, -0.2) is 36.2 Å². The predicted molar refractivity (Wildman–Crippen MR) is 69.5 cm³/mol. The molecule has 16 heavy (non-hydrogen) atoms. The largest absolute Gasteiger partial charge is 0.391 e. The fourth-order valence-electron chi connectivity index (χ4n) is 2.45. The zero-order chi connectivity index (χ0) is 12.2. The van der Waals surface area contributed by atoms with Gasteiger partial charge < -0.3 is 10.0 Å². The van der Waals surface area contributed by atoms with Crippen molar-refractivity contribution < 1.29 is 5.11 Å². The lowest BCUT2D eigenvalue weighted by Gasteiger charge is -2.32. The highest BCUT2D eigenvalue weighted by molar-refractivity contribution is 4.77. The zero-order valence-electron chi connectivity index (χ0n) is 11.5. The number of hydrogen-bond donors (Lipinski definition) is 1. The Morgan fingerprint density at radius 2 is 1.75 bits per heavy atom. The molecule has 1 saturated carbocycles. The first kappa shape index (κ1) is 14.0. The maximum Gasteiger partial charge on any atom is 0.0715 e. The fraction of sp³-hybridized carbons (Fsp3) is 1.00. The lowest BCUT2D eigenvalue weighted by atomic mass is 9.87. The van der Waals surface area contributed by atoms with Crippen LogP contribution in [0.15, 0.2) is 0 Å². The molecule has 2 heteroatoms. The lowest BCUT2D eigenvalue weighted by molar-refractivity contribution is 0.0301. The summed E-state index contributed by atoms with van der Waals surface area (Å²) in [7, 11) is 2.14. The van der Waals surface area contributed by atoms with Crippen molar-refractivity contribution in [2.45, 2.75) is 59.0 Å². The third kappa shape index (κ3) is 4.84. The molecule has 1 fully saturated rings. The van der Waals surface area contributed by atoms with E-state index in [0.29, 0.717) is 0 Å². The summed E-state index contributed by atoms with van der Waals surface area (Å²) in [5, 5.41) is 10.0. The third-order valence-electron chi connectivity index (χ3n) is 3.78. The molecule has 0 heterocycles. The third-order valence-corrected chi connectivity index (χ3v) is 3.78. The van der Waals surface area contributed by atoms with Gasteiger partial charge in [0, 0.05) is 13.1 Å². The van der Waals surface area contributed by atoms with Gasteiger partial charge >= 0.3 is 0 Å². The Bertz CT molecular complexity index is 191. The summed E-state index contributed by atoms with van der Waals surface area (Å²) in [5.41, 5.74) is 0.000818. The van der Waals surface area contributed by atoms with Crippen LogP contribution in [0.4, 0.5) is 0 Å². The van der Waals surface area contributed by atoms with E-state index in [9.17, 15) is 5.11 Å². The van der Waals surface area contributed by atoms with Gasteiger partial charge in [-0.15, -0.1) is 0 Å². The number of nitrogens with zero attached hydrogens (tertiary/aromatic N) is 1.